The van der Waals surface area contributed by atoms with Gasteiger partial charge in [-0.25, -0.2) is 4.79 Å². The van der Waals surface area contributed by atoms with Crippen molar-refractivity contribution >= 4 is 41.7 Å². The fraction of sp³-hybridized carbons (Fsp3) is 0.759. The van der Waals surface area contributed by atoms with Crippen LogP contribution in [0.25, 0.3) is 0 Å². The average Bonchev–Trinajstić information content (AvgIpc) is 3.56. The summed E-state index contributed by atoms with van der Waals surface area (Å²) in [5.41, 5.74) is -0.652. The molecule has 2 rings (SSSR count). The molecule has 4 amide bonds. The molecule has 2 fully saturated rings. The minimum Gasteiger partial charge on any atom is -0.451 e. The maximum absolute atomic E-state index is 13.6. The lowest BCUT2D eigenvalue weighted by atomic mass is 9.83. The number of likely N-dealkylation sites (N-methyl/N-ethyl adjacent to an activating group) is 1. The van der Waals surface area contributed by atoms with Crippen molar-refractivity contribution in [1.29, 1.82) is 0 Å². The van der Waals surface area contributed by atoms with Crippen molar-refractivity contribution in [1.82, 2.24) is 20.4 Å². The summed E-state index contributed by atoms with van der Waals surface area (Å²) in [6.07, 6.45) is 1.24. The number of likely N-dealkylation sites (tertiary alicyclic amines) is 1. The van der Waals surface area contributed by atoms with E-state index >= 15 is 0 Å². The Bertz CT molecular complexity index is 1020. The van der Waals surface area contributed by atoms with Gasteiger partial charge in [-0.3, -0.25) is 24.0 Å². The van der Waals surface area contributed by atoms with Gasteiger partial charge in [0.05, 0.1) is 6.04 Å². The molecular weight excluding hydrogens is 532 g/mol. The maximum atomic E-state index is 13.6. The fourth-order valence-electron chi connectivity index (χ4n) is 5.17. The number of Topliss-reactive ketones (excluding diaryl/α,β-unsaturated/α-hetero) is 1. The van der Waals surface area contributed by atoms with Crippen molar-refractivity contribution in [2.24, 2.45) is 11.3 Å². The first-order chi connectivity index (χ1) is 19.1. The number of ketones is 1. The molecule has 0 saturated carbocycles. The molecule has 0 aliphatic carbocycles. The summed E-state index contributed by atoms with van der Waals surface area (Å²) < 4.78 is 5.41. The molecule has 2 N–H and O–H groups in total. The number of esters is 1. The van der Waals surface area contributed by atoms with Crippen LogP contribution < -0.4 is 10.6 Å². The van der Waals surface area contributed by atoms with Crippen molar-refractivity contribution in [3.63, 3.8) is 0 Å². The molecule has 5 atom stereocenters. The van der Waals surface area contributed by atoms with E-state index in [0.29, 0.717) is 32.1 Å². The van der Waals surface area contributed by atoms with Gasteiger partial charge in [0.15, 0.2) is 11.9 Å². The molecule has 41 heavy (non-hydrogen) atoms. The summed E-state index contributed by atoms with van der Waals surface area (Å²) in [5, 5.41) is 5.03. The van der Waals surface area contributed by atoms with Crippen LogP contribution in [0.15, 0.2) is 0 Å². The fourth-order valence-corrected chi connectivity index (χ4v) is 5.17. The monoisotopic (exact) mass is 578 g/mol. The lowest BCUT2D eigenvalue weighted by Gasteiger charge is -2.36. The molecule has 12 heteroatoms. The van der Waals surface area contributed by atoms with Gasteiger partial charge < -0.3 is 30.0 Å². The number of ether oxygens (including phenoxy) is 1. The largest absolute Gasteiger partial charge is 0.451 e. The molecule has 2 heterocycles. The van der Waals surface area contributed by atoms with E-state index in [9.17, 15) is 33.6 Å². The summed E-state index contributed by atoms with van der Waals surface area (Å²) in [6.45, 7) is 11.1. The second kappa shape index (κ2) is 14.5. The number of amides is 4. The number of nitrogens with one attached hydrogen (secondary N) is 2. The van der Waals surface area contributed by atoms with Gasteiger partial charge in [-0.2, -0.15) is 0 Å². The average molecular weight is 579 g/mol. The molecule has 0 aromatic carbocycles. The van der Waals surface area contributed by atoms with E-state index < -0.39 is 53.5 Å². The quantitative estimate of drug-likeness (QED) is 0.243. The predicted octanol–water partition coefficient (Wildman–Crippen LogP) is 1.14. The van der Waals surface area contributed by atoms with Gasteiger partial charge in [0.25, 0.3) is 5.91 Å². The van der Waals surface area contributed by atoms with E-state index in [0.717, 1.165) is 0 Å². The highest BCUT2D eigenvalue weighted by Gasteiger charge is 2.42. The number of hydrogen-bond acceptors (Lipinski definition) is 8. The van der Waals surface area contributed by atoms with Gasteiger partial charge >= 0.3 is 5.97 Å². The van der Waals surface area contributed by atoms with Gasteiger partial charge in [0, 0.05) is 31.8 Å². The molecule has 230 valence electrons. The first-order valence-corrected chi connectivity index (χ1v) is 14.4. The van der Waals surface area contributed by atoms with Crippen LogP contribution >= 0.6 is 0 Å². The molecule has 0 spiro atoms. The Morgan fingerprint density at radius 1 is 1.15 bits per heavy atom. The molecule has 2 saturated heterocycles. The summed E-state index contributed by atoms with van der Waals surface area (Å²) in [6, 6.07) is -3.41. The van der Waals surface area contributed by atoms with Gasteiger partial charge in [0.2, 0.25) is 17.7 Å². The Morgan fingerprint density at radius 2 is 1.80 bits per heavy atom. The van der Waals surface area contributed by atoms with Gasteiger partial charge in [0.1, 0.15) is 24.4 Å². The van der Waals surface area contributed by atoms with Crippen molar-refractivity contribution in [2.45, 2.75) is 117 Å². The highest BCUT2D eigenvalue weighted by Crippen LogP contribution is 2.27. The van der Waals surface area contributed by atoms with Crippen LogP contribution in [0.2, 0.25) is 0 Å². The van der Waals surface area contributed by atoms with E-state index in [2.05, 4.69) is 10.6 Å². The number of carbonyl (C=O) groups excluding carboxylic acids is 7. The molecule has 0 radical (unpaired) electrons. The third kappa shape index (κ3) is 9.09. The molecule has 0 aromatic rings. The summed E-state index contributed by atoms with van der Waals surface area (Å²) in [4.78, 5) is 91.0. The Morgan fingerprint density at radius 3 is 2.34 bits per heavy atom. The smallest absolute Gasteiger partial charge is 0.329 e. The van der Waals surface area contributed by atoms with Crippen molar-refractivity contribution < 1.29 is 38.3 Å². The molecule has 0 aromatic heterocycles. The van der Waals surface area contributed by atoms with Gasteiger partial charge in [-0.15, -0.1) is 0 Å². The number of aldehydes is 1. The van der Waals surface area contributed by atoms with E-state index in [1.54, 1.807) is 7.05 Å². The van der Waals surface area contributed by atoms with Crippen LogP contribution in [-0.2, 0) is 38.3 Å². The first kappa shape index (κ1) is 33.9. The minimum atomic E-state index is -1.26. The normalized spacial score (nSPS) is 21.1. The second-order valence-corrected chi connectivity index (χ2v) is 12.4. The third-order valence-corrected chi connectivity index (χ3v) is 7.50. The van der Waals surface area contributed by atoms with Crippen LogP contribution in [0.4, 0.5) is 0 Å². The minimum absolute atomic E-state index is 0.0285. The van der Waals surface area contributed by atoms with Crippen LogP contribution in [0.3, 0.4) is 0 Å². The Kier molecular flexibility index (Phi) is 12.0. The number of rotatable bonds is 13. The SMILES string of the molecule is CC(C)C[C@H](C(=O)C(C)(C)C)N(C)C(=O)[C@@H]1CCCN1C(=O)[C@H](C)OC(=O)[C@H](CCC=O)NC(=O)C1CCC(=O)N1. The summed E-state index contributed by atoms with van der Waals surface area (Å²) in [5.74, 6) is -2.52. The molecule has 2 aliphatic heterocycles. The van der Waals surface area contributed by atoms with Crippen LogP contribution in [-0.4, -0.2) is 95.3 Å². The van der Waals surface area contributed by atoms with E-state index in [1.165, 1.54) is 16.7 Å². The Labute approximate surface area is 242 Å². The zero-order valence-corrected chi connectivity index (χ0v) is 25.4. The van der Waals surface area contributed by atoms with E-state index in [-0.39, 0.29) is 49.2 Å². The van der Waals surface area contributed by atoms with Crippen molar-refractivity contribution in [3.05, 3.63) is 0 Å². The van der Waals surface area contributed by atoms with Crippen LogP contribution in [0.5, 0.6) is 0 Å². The Balaban J connectivity index is 2.11. The van der Waals surface area contributed by atoms with Gasteiger partial charge in [-0.05, 0) is 44.9 Å². The Hall–Kier alpha value is -3.31. The summed E-state index contributed by atoms with van der Waals surface area (Å²) in [7, 11) is 1.59. The highest BCUT2D eigenvalue weighted by atomic mass is 16.5. The van der Waals surface area contributed by atoms with Crippen LogP contribution in [0.1, 0.15) is 86.5 Å². The lowest BCUT2D eigenvalue weighted by Crippen LogP contribution is -2.55. The van der Waals surface area contributed by atoms with Crippen molar-refractivity contribution in [2.75, 3.05) is 13.6 Å². The van der Waals surface area contributed by atoms with E-state index in [4.69, 9.17) is 4.74 Å². The van der Waals surface area contributed by atoms with Gasteiger partial charge in [-0.1, -0.05) is 34.6 Å². The predicted molar refractivity (Wildman–Crippen MR) is 149 cm³/mol. The molecule has 12 nitrogen and oxygen atoms in total. The standard InChI is InChI=1S/C29H46N4O8/c1-17(2)16-22(24(36)29(4,5)6)32(7)27(39)21-11-8-14-33(21)26(38)18(3)41-28(40)20(10-9-15-34)31-25(37)19-12-13-23(35)30-19/h15,17-22H,8-14,16H2,1-7H3,(H,30,35)(H,31,37)/t18-,19?,20-,21-,22+/m0/s1. The summed E-state index contributed by atoms with van der Waals surface area (Å²) >= 11 is 0. The topological polar surface area (TPSA) is 159 Å². The maximum Gasteiger partial charge on any atom is 0.329 e. The molecule has 0 bridgehead atoms. The van der Waals surface area contributed by atoms with E-state index in [1.807, 2.05) is 34.6 Å². The molecule has 1 unspecified atom stereocenters. The molecule has 2 aliphatic rings. The third-order valence-electron chi connectivity index (χ3n) is 7.50. The zero-order chi connectivity index (χ0) is 31.1. The molecular formula is C29H46N4O8. The van der Waals surface area contributed by atoms with Crippen molar-refractivity contribution in [3.8, 4) is 0 Å². The number of hydrogen-bond donors (Lipinski definition) is 2. The lowest BCUT2D eigenvalue weighted by molar-refractivity contribution is -0.163. The second-order valence-electron chi connectivity index (χ2n) is 12.4. The first-order valence-electron chi connectivity index (χ1n) is 14.4. The van der Waals surface area contributed by atoms with Crippen LogP contribution in [0, 0.1) is 11.3 Å². The number of nitrogens with zero attached hydrogens (tertiary/aromatic N) is 2. The zero-order valence-electron chi connectivity index (χ0n) is 25.4. The highest BCUT2D eigenvalue weighted by molar-refractivity contribution is 5.96. The number of carbonyl (C=O) groups is 7.